The summed E-state index contributed by atoms with van der Waals surface area (Å²) in [6.45, 7) is 7.52. The molecule has 1 amide bonds. The number of carbonyl (C=O) groups excluding carboxylic acids is 1. The van der Waals surface area contributed by atoms with Crippen molar-refractivity contribution in [2.45, 2.75) is 26.4 Å². The molecular formula is C13H20N2O2S. The number of nitrogens with zero attached hydrogens (tertiary/aromatic N) is 1. The van der Waals surface area contributed by atoms with Crippen molar-refractivity contribution in [1.29, 1.82) is 0 Å². The van der Waals surface area contributed by atoms with Crippen LogP contribution in [0, 0.1) is 6.92 Å². The molecule has 2 rings (SSSR count). The number of rotatable bonds is 4. The number of carbonyl (C=O) groups is 1. The van der Waals surface area contributed by atoms with Crippen molar-refractivity contribution in [3.05, 3.63) is 21.9 Å². The summed E-state index contributed by atoms with van der Waals surface area (Å²) in [6, 6.07) is 4.08. The zero-order valence-corrected chi connectivity index (χ0v) is 11.8. The van der Waals surface area contributed by atoms with Crippen molar-refractivity contribution >= 4 is 17.2 Å². The normalized spacial score (nSPS) is 17.8. The SMILES string of the molecule is Cc1ccc(CNC(C)C(=O)N2CCOCC2)s1. The second-order valence-electron chi connectivity index (χ2n) is 4.55. The van der Waals surface area contributed by atoms with Gasteiger partial charge in [-0.25, -0.2) is 0 Å². The van der Waals surface area contributed by atoms with Gasteiger partial charge in [-0.3, -0.25) is 4.79 Å². The molecule has 0 radical (unpaired) electrons. The molecule has 1 aliphatic rings. The van der Waals surface area contributed by atoms with Gasteiger partial charge < -0.3 is 15.0 Å². The number of hydrogen-bond donors (Lipinski definition) is 1. The van der Waals surface area contributed by atoms with Crippen molar-refractivity contribution in [3.8, 4) is 0 Å². The number of morpholine rings is 1. The van der Waals surface area contributed by atoms with E-state index < -0.39 is 0 Å². The van der Waals surface area contributed by atoms with Gasteiger partial charge in [-0.2, -0.15) is 0 Å². The minimum atomic E-state index is -0.134. The van der Waals surface area contributed by atoms with Gasteiger partial charge in [0.25, 0.3) is 0 Å². The van der Waals surface area contributed by atoms with Gasteiger partial charge in [0.05, 0.1) is 19.3 Å². The summed E-state index contributed by atoms with van der Waals surface area (Å²) < 4.78 is 5.25. The second-order valence-corrected chi connectivity index (χ2v) is 5.93. The summed E-state index contributed by atoms with van der Waals surface area (Å²) in [5.41, 5.74) is 0. The Hall–Kier alpha value is -0.910. The molecule has 18 heavy (non-hydrogen) atoms. The first-order valence-electron chi connectivity index (χ1n) is 6.32. The van der Waals surface area contributed by atoms with Crippen LogP contribution in [-0.2, 0) is 16.1 Å². The number of ether oxygens (including phenoxy) is 1. The molecule has 0 bridgehead atoms. The first-order chi connectivity index (χ1) is 8.66. The highest BCUT2D eigenvalue weighted by atomic mass is 32.1. The lowest BCUT2D eigenvalue weighted by Crippen LogP contribution is -2.48. The molecule has 0 aliphatic carbocycles. The van der Waals surface area contributed by atoms with Crippen LogP contribution >= 0.6 is 11.3 Å². The van der Waals surface area contributed by atoms with Gasteiger partial charge in [0.1, 0.15) is 0 Å². The largest absolute Gasteiger partial charge is 0.378 e. The molecular weight excluding hydrogens is 248 g/mol. The van der Waals surface area contributed by atoms with E-state index in [1.807, 2.05) is 11.8 Å². The maximum absolute atomic E-state index is 12.1. The number of thiophene rings is 1. The Morgan fingerprint density at radius 3 is 2.83 bits per heavy atom. The molecule has 1 aromatic heterocycles. The van der Waals surface area contributed by atoms with Crippen LogP contribution in [0.15, 0.2) is 12.1 Å². The smallest absolute Gasteiger partial charge is 0.239 e. The number of nitrogens with one attached hydrogen (secondary N) is 1. The van der Waals surface area contributed by atoms with E-state index in [1.165, 1.54) is 9.75 Å². The Labute approximate surface area is 112 Å². The standard InChI is InChI=1S/C13H20N2O2S/c1-10-3-4-12(18-10)9-14-11(2)13(16)15-5-7-17-8-6-15/h3-4,11,14H,5-9H2,1-2H3. The van der Waals surface area contributed by atoms with Crippen LogP contribution in [0.3, 0.4) is 0 Å². The van der Waals surface area contributed by atoms with Gasteiger partial charge in [-0.1, -0.05) is 0 Å². The summed E-state index contributed by atoms with van der Waals surface area (Å²) in [7, 11) is 0. The molecule has 0 saturated carbocycles. The molecule has 1 fully saturated rings. The fourth-order valence-electron chi connectivity index (χ4n) is 1.98. The van der Waals surface area contributed by atoms with Crippen molar-refractivity contribution in [1.82, 2.24) is 10.2 Å². The Morgan fingerprint density at radius 2 is 2.22 bits per heavy atom. The van der Waals surface area contributed by atoms with Crippen molar-refractivity contribution in [2.24, 2.45) is 0 Å². The highest BCUT2D eigenvalue weighted by molar-refractivity contribution is 7.11. The first-order valence-corrected chi connectivity index (χ1v) is 7.13. The van der Waals surface area contributed by atoms with Crippen LogP contribution in [0.5, 0.6) is 0 Å². The van der Waals surface area contributed by atoms with Gasteiger partial charge in [-0.15, -0.1) is 11.3 Å². The average Bonchev–Trinajstić information content (AvgIpc) is 2.82. The molecule has 5 heteroatoms. The first kappa shape index (κ1) is 13.5. The molecule has 1 saturated heterocycles. The molecule has 1 unspecified atom stereocenters. The van der Waals surface area contributed by atoms with E-state index in [0.29, 0.717) is 26.3 Å². The average molecular weight is 268 g/mol. The van der Waals surface area contributed by atoms with Gasteiger partial charge >= 0.3 is 0 Å². The molecule has 0 aromatic carbocycles. The van der Waals surface area contributed by atoms with E-state index in [-0.39, 0.29) is 11.9 Å². The highest BCUT2D eigenvalue weighted by Gasteiger charge is 2.21. The van der Waals surface area contributed by atoms with E-state index in [1.54, 1.807) is 11.3 Å². The molecule has 100 valence electrons. The van der Waals surface area contributed by atoms with E-state index in [9.17, 15) is 4.79 Å². The Balaban J connectivity index is 1.79. The number of amides is 1. The predicted molar refractivity (Wildman–Crippen MR) is 72.8 cm³/mol. The summed E-state index contributed by atoms with van der Waals surface area (Å²) in [5.74, 6) is 0.173. The predicted octanol–water partition coefficient (Wildman–Crippen LogP) is 1.39. The topological polar surface area (TPSA) is 41.6 Å². The van der Waals surface area contributed by atoms with Crippen LogP contribution < -0.4 is 5.32 Å². The second kappa shape index (κ2) is 6.31. The Morgan fingerprint density at radius 1 is 1.50 bits per heavy atom. The third-order valence-corrected chi connectivity index (χ3v) is 4.07. The highest BCUT2D eigenvalue weighted by Crippen LogP contribution is 2.14. The quantitative estimate of drug-likeness (QED) is 0.897. The summed E-state index contributed by atoms with van der Waals surface area (Å²) in [4.78, 5) is 16.6. The minimum absolute atomic E-state index is 0.134. The lowest BCUT2D eigenvalue weighted by Gasteiger charge is -2.29. The molecule has 1 aliphatic heterocycles. The van der Waals surface area contributed by atoms with Gasteiger partial charge in [0, 0.05) is 29.4 Å². The summed E-state index contributed by atoms with van der Waals surface area (Å²) in [5, 5.41) is 3.29. The molecule has 4 nitrogen and oxygen atoms in total. The van der Waals surface area contributed by atoms with Crippen LogP contribution in [0.1, 0.15) is 16.7 Å². The fraction of sp³-hybridized carbons (Fsp3) is 0.615. The zero-order chi connectivity index (χ0) is 13.0. The van der Waals surface area contributed by atoms with Crippen molar-refractivity contribution in [3.63, 3.8) is 0 Å². The minimum Gasteiger partial charge on any atom is -0.378 e. The molecule has 1 aromatic rings. The van der Waals surface area contributed by atoms with Gasteiger partial charge in [0.2, 0.25) is 5.91 Å². The monoisotopic (exact) mass is 268 g/mol. The molecule has 0 spiro atoms. The number of hydrogen-bond acceptors (Lipinski definition) is 4. The van der Waals surface area contributed by atoms with Crippen LogP contribution in [0.25, 0.3) is 0 Å². The van der Waals surface area contributed by atoms with Crippen LogP contribution in [0.2, 0.25) is 0 Å². The third-order valence-electron chi connectivity index (χ3n) is 3.07. The molecule has 1 atom stereocenters. The molecule has 2 heterocycles. The van der Waals surface area contributed by atoms with Crippen molar-refractivity contribution < 1.29 is 9.53 Å². The summed E-state index contributed by atoms with van der Waals surface area (Å²) >= 11 is 1.77. The Kier molecular flexibility index (Phi) is 4.74. The van der Waals surface area contributed by atoms with E-state index in [2.05, 4.69) is 24.4 Å². The number of aryl methyl sites for hydroxylation is 1. The van der Waals surface area contributed by atoms with Crippen LogP contribution in [0.4, 0.5) is 0 Å². The van der Waals surface area contributed by atoms with E-state index in [4.69, 9.17) is 4.74 Å². The van der Waals surface area contributed by atoms with Crippen LogP contribution in [-0.4, -0.2) is 43.2 Å². The third kappa shape index (κ3) is 3.54. The van der Waals surface area contributed by atoms with Crippen molar-refractivity contribution in [2.75, 3.05) is 26.3 Å². The van der Waals surface area contributed by atoms with Gasteiger partial charge in [0.15, 0.2) is 0 Å². The van der Waals surface area contributed by atoms with Gasteiger partial charge in [-0.05, 0) is 26.0 Å². The Bertz CT molecular complexity index is 399. The van der Waals surface area contributed by atoms with E-state index >= 15 is 0 Å². The fourth-order valence-corrected chi connectivity index (χ4v) is 2.82. The zero-order valence-electron chi connectivity index (χ0n) is 10.9. The molecule has 1 N–H and O–H groups in total. The summed E-state index contributed by atoms with van der Waals surface area (Å²) in [6.07, 6.45) is 0. The maximum Gasteiger partial charge on any atom is 0.239 e. The lowest BCUT2D eigenvalue weighted by atomic mass is 10.2. The maximum atomic E-state index is 12.1. The lowest BCUT2D eigenvalue weighted by molar-refractivity contribution is -0.137. The van der Waals surface area contributed by atoms with E-state index in [0.717, 1.165) is 6.54 Å².